The normalized spacial score (nSPS) is 9.96. The third kappa shape index (κ3) is 5.72. The van der Waals surface area contributed by atoms with Gasteiger partial charge in [0, 0.05) is 12.1 Å². The molecule has 1 N–H and O–H groups in total. The van der Waals surface area contributed by atoms with Gasteiger partial charge in [0.25, 0.3) is 5.91 Å². The van der Waals surface area contributed by atoms with E-state index in [-0.39, 0.29) is 12.3 Å². The van der Waals surface area contributed by atoms with Crippen molar-refractivity contribution in [3.8, 4) is 5.75 Å². The van der Waals surface area contributed by atoms with Gasteiger partial charge in [-0.1, -0.05) is 30.3 Å². The van der Waals surface area contributed by atoms with Crippen LogP contribution in [-0.4, -0.2) is 31.4 Å². The van der Waals surface area contributed by atoms with Crippen LogP contribution in [0.1, 0.15) is 15.9 Å². The summed E-state index contributed by atoms with van der Waals surface area (Å²) in [6.45, 7) is -0.955. The Morgan fingerprint density at radius 2 is 1.76 bits per heavy atom. The van der Waals surface area contributed by atoms with Gasteiger partial charge in [0.05, 0.1) is 5.56 Å². The molecule has 0 saturated carbocycles. The topological polar surface area (TPSA) is 81.7 Å². The highest BCUT2D eigenvalue weighted by atomic mass is 19.1. The van der Waals surface area contributed by atoms with E-state index < -0.39 is 30.9 Å². The Labute approximate surface area is 143 Å². The summed E-state index contributed by atoms with van der Waals surface area (Å²) >= 11 is 0. The summed E-state index contributed by atoms with van der Waals surface area (Å²) in [5.74, 6) is -1.51. The number of rotatable bonds is 8. The highest BCUT2D eigenvalue weighted by Gasteiger charge is 2.10. The monoisotopic (exact) mass is 345 g/mol. The van der Waals surface area contributed by atoms with E-state index in [0.717, 1.165) is 0 Å². The largest absolute Gasteiger partial charge is 0.481 e. The molecule has 130 valence electrons. The van der Waals surface area contributed by atoms with Crippen LogP contribution < -0.4 is 10.1 Å². The molecule has 0 aliphatic rings. The Morgan fingerprint density at radius 3 is 2.52 bits per heavy atom. The fourth-order valence-corrected chi connectivity index (χ4v) is 1.92. The number of carbonyl (C=O) groups excluding carboxylic acids is 3. The first kappa shape index (κ1) is 18.1. The Kier molecular flexibility index (Phi) is 6.65. The lowest BCUT2D eigenvalue weighted by atomic mass is 10.2. The lowest BCUT2D eigenvalue weighted by Gasteiger charge is -2.09. The van der Waals surface area contributed by atoms with Gasteiger partial charge < -0.3 is 14.8 Å². The first-order valence-electron chi connectivity index (χ1n) is 7.43. The molecule has 2 aromatic carbocycles. The maximum Gasteiger partial charge on any atom is 0.344 e. The minimum Gasteiger partial charge on any atom is -0.481 e. The molecule has 0 radical (unpaired) electrons. The maximum absolute atomic E-state index is 13.4. The van der Waals surface area contributed by atoms with Crippen molar-refractivity contribution in [1.82, 2.24) is 5.32 Å². The van der Waals surface area contributed by atoms with Gasteiger partial charge in [0.1, 0.15) is 11.6 Å². The number of aldehydes is 1. The van der Waals surface area contributed by atoms with E-state index in [9.17, 15) is 18.8 Å². The molecule has 0 aliphatic heterocycles. The lowest BCUT2D eigenvalue weighted by Crippen LogP contribution is -2.29. The minimum atomic E-state index is -0.762. The van der Waals surface area contributed by atoms with Crippen LogP contribution in [0.2, 0.25) is 0 Å². The van der Waals surface area contributed by atoms with Crippen molar-refractivity contribution in [1.29, 1.82) is 0 Å². The molecule has 2 rings (SSSR count). The average Bonchev–Trinajstić information content (AvgIpc) is 2.64. The SMILES string of the molecule is O=Cc1ccccc1OCC(=O)OCC(=O)NCc1ccccc1F. The van der Waals surface area contributed by atoms with Crippen LogP contribution in [0.15, 0.2) is 48.5 Å². The second-order valence-electron chi connectivity index (χ2n) is 4.97. The number of amides is 1. The van der Waals surface area contributed by atoms with E-state index in [0.29, 0.717) is 17.4 Å². The molecule has 1 amide bonds. The smallest absolute Gasteiger partial charge is 0.344 e. The van der Waals surface area contributed by atoms with E-state index >= 15 is 0 Å². The third-order valence-corrected chi connectivity index (χ3v) is 3.19. The van der Waals surface area contributed by atoms with Crippen LogP contribution >= 0.6 is 0 Å². The summed E-state index contributed by atoms with van der Waals surface area (Å²) in [4.78, 5) is 34.0. The third-order valence-electron chi connectivity index (χ3n) is 3.19. The van der Waals surface area contributed by atoms with Crippen molar-refractivity contribution >= 4 is 18.2 Å². The number of ether oxygens (including phenoxy) is 2. The molecule has 0 heterocycles. The summed E-state index contributed by atoms with van der Waals surface area (Å²) < 4.78 is 23.3. The Balaban J connectivity index is 1.71. The summed E-state index contributed by atoms with van der Waals surface area (Å²) in [6.07, 6.45) is 0.608. The standard InChI is InChI=1S/C18H16FNO5/c19-15-7-3-1-5-13(15)9-20-17(22)11-25-18(23)12-24-16-8-4-2-6-14(16)10-21/h1-8,10H,9,11-12H2,(H,20,22). The predicted molar refractivity (Wildman–Crippen MR) is 86.5 cm³/mol. The number of nitrogens with one attached hydrogen (secondary N) is 1. The van der Waals surface area contributed by atoms with Gasteiger partial charge in [-0.2, -0.15) is 0 Å². The van der Waals surface area contributed by atoms with Gasteiger partial charge in [0.15, 0.2) is 19.5 Å². The van der Waals surface area contributed by atoms with Crippen molar-refractivity contribution in [2.45, 2.75) is 6.54 Å². The van der Waals surface area contributed by atoms with E-state index in [1.165, 1.54) is 12.1 Å². The fourth-order valence-electron chi connectivity index (χ4n) is 1.92. The molecule has 25 heavy (non-hydrogen) atoms. The van der Waals surface area contributed by atoms with Gasteiger partial charge in [-0.15, -0.1) is 0 Å². The highest BCUT2D eigenvalue weighted by molar-refractivity contribution is 5.81. The summed E-state index contributed by atoms with van der Waals surface area (Å²) in [5, 5.41) is 2.44. The molecule has 6 nitrogen and oxygen atoms in total. The first-order valence-corrected chi connectivity index (χ1v) is 7.43. The maximum atomic E-state index is 13.4. The van der Waals surface area contributed by atoms with Gasteiger partial charge in [-0.3, -0.25) is 9.59 Å². The van der Waals surface area contributed by atoms with Crippen LogP contribution in [0, 0.1) is 5.82 Å². The first-order chi connectivity index (χ1) is 12.1. The number of hydrogen-bond donors (Lipinski definition) is 1. The zero-order valence-corrected chi connectivity index (χ0v) is 13.2. The minimum absolute atomic E-state index is 0.00767. The quantitative estimate of drug-likeness (QED) is 0.583. The zero-order chi connectivity index (χ0) is 18.1. The molecular weight excluding hydrogens is 329 g/mol. The average molecular weight is 345 g/mol. The van der Waals surface area contributed by atoms with E-state index in [4.69, 9.17) is 9.47 Å². The van der Waals surface area contributed by atoms with E-state index in [1.807, 2.05) is 0 Å². The molecule has 0 fully saturated rings. The number of halogens is 1. The van der Waals surface area contributed by atoms with Crippen molar-refractivity contribution in [3.05, 3.63) is 65.5 Å². The second kappa shape index (κ2) is 9.17. The molecule has 7 heteroatoms. The Hall–Kier alpha value is -3.22. The van der Waals surface area contributed by atoms with Gasteiger partial charge in [-0.25, -0.2) is 9.18 Å². The highest BCUT2D eigenvalue weighted by Crippen LogP contribution is 2.15. The molecule has 2 aromatic rings. The van der Waals surface area contributed by atoms with Crippen LogP contribution in [0.4, 0.5) is 4.39 Å². The summed E-state index contributed by atoms with van der Waals surface area (Å²) in [5.41, 5.74) is 0.633. The number of hydrogen-bond acceptors (Lipinski definition) is 5. The molecular formula is C18H16FNO5. The summed E-state index contributed by atoms with van der Waals surface area (Å²) in [7, 11) is 0. The number of esters is 1. The van der Waals surface area contributed by atoms with Gasteiger partial charge in [0.2, 0.25) is 0 Å². The Bertz CT molecular complexity index is 763. The van der Waals surface area contributed by atoms with Gasteiger partial charge in [-0.05, 0) is 18.2 Å². The molecule has 0 saturated heterocycles. The molecule has 0 spiro atoms. The molecule has 0 unspecified atom stereocenters. The van der Waals surface area contributed by atoms with Crippen molar-refractivity contribution < 1.29 is 28.2 Å². The number of benzene rings is 2. The van der Waals surface area contributed by atoms with Crippen LogP contribution in [0.25, 0.3) is 0 Å². The molecule has 0 atom stereocenters. The fraction of sp³-hybridized carbons (Fsp3) is 0.167. The van der Waals surface area contributed by atoms with Crippen molar-refractivity contribution in [2.24, 2.45) is 0 Å². The molecule has 0 aromatic heterocycles. The van der Waals surface area contributed by atoms with Crippen LogP contribution in [-0.2, 0) is 20.9 Å². The zero-order valence-electron chi connectivity index (χ0n) is 13.2. The van der Waals surface area contributed by atoms with E-state index in [2.05, 4.69) is 5.32 Å². The van der Waals surface area contributed by atoms with Gasteiger partial charge >= 0.3 is 5.97 Å². The van der Waals surface area contributed by atoms with Crippen LogP contribution in [0.3, 0.4) is 0 Å². The predicted octanol–water partition coefficient (Wildman–Crippen LogP) is 1.88. The molecule has 0 bridgehead atoms. The Morgan fingerprint density at radius 1 is 1.04 bits per heavy atom. The second-order valence-corrected chi connectivity index (χ2v) is 4.97. The van der Waals surface area contributed by atoms with Crippen molar-refractivity contribution in [2.75, 3.05) is 13.2 Å². The summed E-state index contributed by atoms with van der Waals surface area (Å²) in [6, 6.07) is 12.4. The van der Waals surface area contributed by atoms with E-state index in [1.54, 1.807) is 36.4 Å². The lowest BCUT2D eigenvalue weighted by molar-refractivity contribution is -0.150. The number of para-hydroxylation sites is 1. The van der Waals surface area contributed by atoms with Crippen molar-refractivity contribution in [3.63, 3.8) is 0 Å². The van der Waals surface area contributed by atoms with Crippen LogP contribution in [0.5, 0.6) is 5.75 Å². The molecule has 0 aliphatic carbocycles. The number of carbonyl (C=O) groups is 3.